The Morgan fingerprint density at radius 2 is 1.44 bits per heavy atom. The van der Waals surface area contributed by atoms with Crippen LogP contribution in [-0.2, 0) is 19.3 Å². The van der Waals surface area contributed by atoms with Gasteiger partial charge in [-0.2, -0.15) is 0 Å². The first-order valence-electron chi connectivity index (χ1n) is 13.2. The maximum Gasteiger partial charge on any atom is 0.336 e. The van der Waals surface area contributed by atoms with Gasteiger partial charge in [0, 0.05) is 17.5 Å². The smallest absolute Gasteiger partial charge is 0.336 e. The van der Waals surface area contributed by atoms with Gasteiger partial charge in [0.15, 0.2) is 0 Å². The Morgan fingerprint density at radius 3 is 2.00 bits per heavy atom. The van der Waals surface area contributed by atoms with Crippen LogP contribution in [0.25, 0.3) is 0 Å². The molecule has 0 aromatic heterocycles. The van der Waals surface area contributed by atoms with Crippen LogP contribution in [-0.4, -0.2) is 71.2 Å². The Morgan fingerprint density at radius 1 is 0.833 bits per heavy atom. The van der Waals surface area contributed by atoms with Crippen molar-refractivity contribution in [2.24, 2.45) is 0 Å². The van der Waals surface area contributed by atoms with Crippen molar-refractivity contribution in [2.75, 3.05) is 39.3 Å². The lowest BCUT2D eigenvalue weighted by atomic mass is 9.85. The largest absolute Gasteiger partial charge is 0.478 e. The molecule has 0 fully saturated rings. The number of aryl methyl sites for hydroxylation is 1. The summed E-state index contributed by atoms with van der Waals surface area (Å²) in [5.74, 6) is -0.993. The number of fused-ring (bicyclic) bond motifs is 2. The topological polar surface area (TPSA) is 90.3 Å². The summed E-state index contributed by atoms with van der Waals surface area (Å²) in [6, 6.07) is 6.97. The Hall–Kier alpha value is -2.90. The highest BCUT2D eigenvalue weighted by atomic mass is 16.5. The number of hydrogen-bond donors (Lipinski definition) is 2. The van der Waals surface area contributed by atoms with Gasteiger partial charge in [-0.1, -0.05) is 33.8 Å². The molecule has 7 heteroatoms. The fourth-order valence-corrected chi connectivity index (χ4v) is 5.22. The molecule has 0 radical (unpaired) electrons. The molecule has 0 spiro atoms. The number of carboxylic acid groups (broad SMARTS) is 2. The van der Waals surface area contributed by atoms with Crippen molar-refractivity contribution in [2.45, 2.75) is 59.8 Å². The maximum atomic E-state index is 12.7. The van der Waals surface area contributed by atoms with Crippen molar-refractivity contribution in [1.82, 2.24) is 9.80 Å². The third kappa shape index (κ3) is 6.26. The second-order valence-corrected chi connectivity index (χ2v) is 9.30. The summed E-state index contributed by atoms with van der Waals surface area (Å²) < 4.78 is 6.16. The van der Waals surface area contributed by atoms with Crippen LogP contribution in [0.2, 0.25) is 0 Å². The summed E-state index contributed by atoms with van der Waals surface area (Å²) >= 11 is 0. The zero-order chi connectivity index (χ0) is 26.2. The Balaban J connectivity index is 2.02. The lowest BCUT2D eigenvalue weighted by molar-refractivity contribution is 0.0686. The average molecular weight is 497 g/mol. The summed E-state index contributed by atoms with van der Waals surface area (Å²) in [7, 11) is 0. The van der Waals surface area contributed by atoms with E-state index in [0.717, 1.165) is 69.7 Å². The first-order valence-corrected chi connectivity index (χ1v) is 13.2. The molecule has 0 atom stereocenters. The summed E-state index contributed by atoms with van der Waals surface area (Å²) in [4.78, 5) is 29.2. The van der Waals surface area contributed by atoms with E-state index in [1.54, 1.807) is 18.2 Å². The molecule has 0 bridgehead atoms. The molecule has 36 heavy (non-hydrogen) atoms. The third-order valence-electron chi connectivity index (χ3n) is 7.36. The molecule has 1 aliphatic rings. The zero-order valence-corrected chi connectivity index (χ0v) is 22.1. The lowest BCUT2D eigenvalue weighted by Crippen LogP contribution is -2.25. The van der Waals surface area contributed by atoms with Crippen LogP contribution in [0.4, 0.5) is 0 Å². The van der Waals surface area contributed by atoms with Crippen LogP contribution in [0.5, 0.6) is 11.5 Å². The fraction of sp³-hybridized carbons (Fsp3) is 0.517. The predicted octanol–water partition coefficient (Wildman–Crippen LogP) is 5.33. The minimum absolute atomic E-state index is 0.154. The molecule has 196 valence electrons. The van der Waals surface area contributed by atoms with Crippen molar-refractivity contribution < 1.29 is 24.5 Å². The van der Waals surface area contributed by atoms with Crippen molar-refractivity contribution in [3.63, 3.8) is 0 Å². The second-order valence-electron chi connectivity index (χ2n) is 9.30. The Bertz CT molecular complexity index is 1070. The van der Waals surface area contributed by atoms with Crippen LogP contribution in [0.1, 0.15) is 83.5 Å². The highest BCUT2D eigenvalue weighted by Gasteiger charge is 2.30. The van der Waals surface area contributed by atoms with E-state index in [4.69, 9.17) is 4.74 Å². The van der Waals surface area contributed by atoms with Gasteiger partial charge >= 0.3 is 11.9 Å². The zero-order valence-electron chi connectivity index (χ0n) is 22.1. The molecule has 0 amide bonds. The van der Waals surface area contributed by atoms with Gasteiger partial charge in [0.05, 0.1) is 11.1 Å². The molecule has 3 rings (SSSR count). The van der Waals surface area contributed by atoms with Gasteiger partial charge in [-0.15, -0.1) is 0 Å². The van der Waals surface area contributed by atoms with Gasteiger partial charge in [-0.25, -0.2) is 9.59 Å². The molecule has 0 saturated heterocycles. The van der Waals surface area contributed by atoms with E-state index in [2.05, 4.69) is 37.5 Å². The lowest BCUT2D eigenvalue weighted by Gasteiger charge is -2.27. The molecule has 0 saturated carbocycles. The second kappa shape index (κ2) is 12.9. The van der Waals surface area contributed by atoms with Crippen molar-refractivity contribution >= 4 is 11.9 Å². The monoisotopic (exact) mass is 496 g/mol. The number of hydrogen-bond acceptors (Lipinski definition) is 5. The molecular formula is C29H40N2O5. The summed E-state index contributed by atoms with van der Waals surface area (Å²) in [5, 5.41) is 20.1. The standard InChI is InChI=1S/C29H40N2O5/c1-5-30(6-2)16-10-12-20-18-26-24(19-23-22(28(32)33)13-9-15-25(23)36-26)27(29(34)35)21(20)14-11-17-31(7-3)8-4/h9,13,15,18H,5-8,10-12,14,16-17,19H2,1-4H3,(H,32,33)(H,34,35). The molecule has 2 aromatic carbocycles. The van der Waals surface area contributed by atoms with Crippen LogP contribution in [0.15, 0.2) is 24.3 Å². The van der Waals surface area contributed by atoms with E-state index in [1.807, 2.05) is 6.07 Å². The molecule has 0 unspecified atom stereocenters. The highest BCUT2D eigenvalue weighted by molar-refractivity contribution is 5.94. The van der Waals surface area contributed by atoms with E-state index >= 15 is 0 Å². The van der Waals surface area contributed by atoms with Gasteiger partial charge in [-0.3, -0.25) is 0 Å². The van der Waals surface area contributed by atoms with Gasteiger partial charge in [0.2, 0.25) is 0 Å². The molecular weight excluding hydrogens is 456 g/mol. The predicted molar refractivity (Wildman–Crippen MR) is 142 cm³/mol. The van der Waals surface area contributed by atoms with Crippen molar-refractivity contribution in [3.05, 3.63) is 57.6 Å². The van der Waals surface area contributed by atoms with E-state index in [1.165, 1.54) is 0 Å². The van der Waals surface area contributed by atoms with E-state index in [9.17, 15) is 19.8 Å². The number of aromatic carboxylic acids is 2. The number of nitrogens with zero attached hydrogens (tertiary/aromatic N) is 2. The minimum atomic E-state index is -1.04. The van der Waals surface area contributed by atoms with Crippen LogP contribution in [0.3, 0.4) is 0 Å². The normalized spacial score (nSPS) is 12.4. The van der Waals surface area contributed by atoms with Gasteiger partial charge < -0.3 is 24.7 Å². The van der Waals surface area contributed by atoms with Gasteiger partial charge in [0.1, 0.15) is 11.5 Å². The van der Waals surface area contributed by atoms with E-state index in [-0.39, 0.29) is 17.5 Å². The van der Waals surface area contributed by atoms with Crippen LogP contribution < -0.4 is 4.74 Å². The SMILES string of the molecule is CCN(CC)CCCc1cc2c(c(C(=O)O)c1CCCN(CC)CC)Cc1c(cccc1C(=O)O)O2. The first kappa shape index (κ1) is 27.7. The molecule has 0 aliphatic carbocycles. The number of rotatable bonds is 14. The Kier molecular flexibility index (Phi) is 9.90. The molecule has 1 heterocycles. The fourth-order valence-electron chi connectivity index (χ4n) is 5.22. The maximum absolute atomic E-state index is 12.7. The van der Waals surface area contributed by atoms with E-state index in [0.29, 0.717) is 29.0 Å². The van der Waals surface area contributed by atoms with Crippen LogP contribution in [0, 0.1) is 0 Å². The van der Waals surface area contributed by atoms with Crippen molar-refractivity contribution in [1.29, 1.82) is 0 Å². The highest BCUT2D eigenvalue weighted by Crippen LogP contribution is 2.42. The van der Waals surface area contributed by atoms with E-state index < -0.39 is 11.9 Å². The molecule has 2 aromatic rings. The number of benzene rings is 2. The third-order valence-corrected chi connectivity index (χ3v) is 7.36. The Labute approximate surface area is 214 Å². The first-order chi connectivity index (χ1) is 17.3. The number of ether oxygens (including phenoxy) is 1. The molecule has 2 N–H and O–H groups in total. The van der Waals surface area contributed by atoms with Gasteiger partial charge in [-0.05, 0) is 94.3 Å². The molecule has 1 aliphatic heterocycles. The minimum Gasteiger partial charge on any atom is -0.478 e. The van der Waals surface area contributed by atoms with Crippen LogP contribution >= 0.6 is 0 Å². The van der Waals surface area contributed by atoms with Gasteiger partial charge in [0.25, 0.3) is 0 Å². The van der Waals surface area contributed by atoms with Crippen molar-refractivity contribution in [3.8, 4) is 11.5 Å². The summed E-state index contributed by atoms with van der Waals surface area (Å²) in [6.45, 7) is 14.4. The number of carboxylic acids is 2. The quantitative estimate of drug-likeness (QED) is 0.312. The summed E-state index contributed by atoms with van der Waals surface area (Å²) in [6.07, 6.45) is 3.47. The molecule has 7 nitrogen and oxygen atoms in total. The summed E-state index contributed by atoms with van der Waals surface area (Å²) in [5.41, 5.74) is 3.44. The number of carbonyl (C=O) groups is 2. The average Bonchev–Trinajstić information content (AvgIpc) is 2.87.